The molecule has 0 fully saturated rings. The van der Waals surface area contributed by atoms with Gasteiger partial charge in [-0.1, -0.05) is 0 Å². The summed E-state index contributed by atoms with van der Waals surface area (Å²) in [4.78, 5) is 32.3. The van der Waals surface area contributed by atoms with Crippen LogP contribution in [0.5, 0.6) is 0 Å². The Morgan fingerprint density at radius 2 is 1.87 bits per heavy atom. The molecule has 0 aliphatic rings. The first-order chi connectivity index (χ1) is 10.8. The van der Waals surface area contributed by atoms with E-state index in [9.17, 15) is 28.5 Å². The number of rotatable bonds is 7. The highest BCUT2D eigenvalue weighted by atomic mass is 32.2. The maximum Gasteiger partial charge on any atom is 0.344 e. The molecular weight excluding hydrogens is 336 g/mol. The SMILES string of the molecule is CCOC(=O)CSc1cc(F)c(C(=O)OCC)c(F)c1[N+](=O)[O-]. The number of benzene rings is 1. The third-order valence-electron chi connectivity index (χ3n) is 2.47. The van der Waals surface area contributed by atoms with Crippen molar-refractivity contribution in [3.63, 3.8) is 0 Å². The van der Waals surface area contributed by atoms with E-state index in [1.807, 2.05) is 0 Å². The molecule has 126 valence electrons. The second-order valence-corrected chi connectivity index (χ2v) is 4.98. The molecule has 0 aromatic heterocycles. The second-order valence-electron chi connectivity index (χ2n) is 3.97. The van der Waals surface area contributed by atoms with Crippen LogP contribution in [0.2, 0.25) is 0 Å². The fraction of sp³-hybridized carbons (Fsp3) is 0.385. The summed E-state index contributed by atoms with van der Waals surface area (Å²) in [5.74, 6) is -5.35. The van der Waals surface area contributed by atoms with E-state index < -0.39 is 44.6 Å². The van der Waals surface area contributed by atoms with Gasteiger partial charge >= 0.3 is 17.6 Å². The van der Waals surface area contributed by atoms with E-state index in [0.29, 0.717) is 17.8 Å². The minimum Gasteiger partial charge on any atom is -0.465 e. The molecule has 0 saturated carbocycles. The van der Waals surface area contributed by atoms with E-state index in [4.69, 9.17) is 0 Å². The van der Waals surface area contributed by atoms with E-state index in [-0.39, 0.29) is 19.0 Å². The van der Waals surface area contributed by atoms with Crippen molar-refractivity contribution in [2.24, 2.45) is 0 Å². The molecule has 0 saturated heterocycles. The van der Waals surface area contributed by atoms with Crippen molar-refractivity contribution in [3.05, 3.63) is 33.4 Å². The molecule has 0 radical (unpaired) electrons. The number of halogens is 2. The molecule has 0 aliphatic heterocycles. The van der Waals surface area contributed by atoms with Gasteiger partial charge < -0.3 is 9.47 Å². The summed E-state index contributed by atoms with van der Waals surface area (Å²) in [7, 11) is 0. The molecule has 0 heterocycles. The summed E-state index contributed by atoms with van der Waals surface area (Å²) in [5, 5.41) is 11.0. The molecule has 1 aromatic carbocycles. The van der Waals surface area contributed by atoms with Crippen molar-refractivity contribution in [2.75, 3.05) is 19.0 Å². The van der Waals surface area contributed by atoms with Crippen molar-refractivity contribution < 1.29 is 32.8 Å². The molecule has 7 nitrogen and oxygen atoms in total. The Morgan fingerprint density at radius 1 is 1.26 bits per heavy atom. The first kappa shape index (κ1) is 18.8. The quantitative estimate of drug-likeness (QED) is 0.323. The second kappa shape index (κ2) is 8.42. The zero-order chi connectivity index (χ0) is 17.6. The molecular formula is C13H13F2NO6S. The van der Waals surface area contributed by atoms with Crippen molar-refractivity contribution in [2.45, 2.75) is 18.7 Å². The van der Waals surface area contributed by atoms with Gasteiger partial charge in [-0.2, -0.15) is 4.39 Å². The van der Waals surface area contributed by atoms with Crippen LogP contribution < -0.4 is 0 Å². The maximum atomic E-state index is 14.2. The third kappa shape index (κ3) is 4.62. The normalized spacial score (nSPS) is 10.3. The van der Waals surface area contributed by atoms with E-state index in [2.05, 4.69) is 9.47 Å². The molecule has 1 aromatic rings. The largest absolute Gasteiger partial charge is 0.465 e. The third-order valence-corrected chi connectivity index (χ3v) is 3.47. The van der Waals surface area contributed by atoms with Crippen molar-refractivity contribution in [1.82, 2.24) is 0 Å². The number of hydrogen-bond donors (Lipinski definition) is 0. The Hall–Kier alpha value is -2.23. The van der Waals surface area contributed by atoms with Crippen molar-refractivity contribution in [3.8, 4) is 0 Å². The van der Waals surface area contributed by atoms with Crippen LogP contribution in [0, 0.1) is 21.7 Å². The lowest BCUT2D eigenvalue weighted by Gasteiger charge is -2.09. The van der Waals surface area contributed by atoms with Gasteiger partial charge in [0, 0.05) is 0 Å². The number of carbonyl (C=O) groups is 2. The molecule has 0 aliphatic carbocycles. The Kier molecular flexibility index (Phi) is 6.89. The van der Waals surface area contributed by atoms with Crippen LogP contribution in [0.1, 0.15) is 24.2 Å². The Morgan fingerprint density at radius 3 is 2.39 bits per heavy atom. The van der Waals surface area contributed by atoms with Crippen LogP contribution >= 0.6 is 11.8 Å². The molecule has 0 amide bonds. The number of esters is 2. The maximum absolute atomic E-state index is 14.2. The molecule has 0 atom stereocenters. The smallest absolute Gasteiger partial charge is 0.344 e. The van der Waals surface area contributed by atoms with Crippen LogP contribution in [0.3, 0.4) is 0 Å². The number of thioether (sulfide) groups is 1. The first-order valence-corrected chi connectivity index (χ1v) is 7.43. The Labute approximate surface area is 134 Å². The number of hydrogen-bond acceptors (Lipinski definition) is 7. The minimum atomic E-state index is -1.64. The van der Waals surface area contributed by atoms with Crippen molar-refractivity contribution in [1.29, 1.82) is 0 Å². The average molecular weight is 349 g/mol. The van der Waals surface area contributed by atoms with E-state index in [0.717, 1.165) is 0 Å². The fourth-order valence-electron chi connectivity index (χ4n) is 1.60. The monoisotopic (exact) mass is 349 g/mol. The van der Waals surface area contributed by atoms with E-state index >= 15 is 0 Å². The standard InChI is InChI=1S/C13H13F2NO6S/c1-3-21-9(17)6-23-8-5-7(14)10(13(18)22-4-2)11(15)12(8)16(19)20/h5H,3-4,6H2,1-2H3. The number of nitro groups is 1. The van der Waals surface area contributed by atoms with Gasteiger partial charge in [0.15, 0.2) is 0 Å². The minimum absolute atomic E-state index is 0.103. The van der Waals surface area contributed by atoms with Gasteiger partial charge in [0.05, 0.1) is 28.8 Å². The summed E-state index contributed by atoms with van der Waals surface area (Å²) in [6, 6.07) is 0.622. The first-order valence-electron chi connectivity index (χ1n) is 6.45. The van der Waals surface area contributed by atoms with Gasteiger partial charge in [-0.3, -0.25) is 14.9 Å². The van der Waals surface area contributed by atoms with Gasteiger partial charge in [-0.15, -0.1) is 11.8 Å². The molecule has 0 N–H and O–H groups in total. The Bertz CT molecular complexity index is 637. The van der Waals surface area contributed by atoms with Gasteiger partial charge in [0.25, 0.3) is 0 Å². The van der Waals surface area contributed by atoms with Crippen molar-refractivity contribution >= 4 is 29.4 Å². The lowest BCUT2D eigenvalue weighted by molar-refractivity contribution is -0.390. The van der Waals surface area contributed by atoms with Gasteiger partial charge in [0.1, 0.15) is 11.4 Å². The summed E-state index contributed by atoms with van der Waals surface area (Å²) in [5.41, 5.74) is -2.23. The van der Waals surface area contributed by atoms with Gasteiger partial charge in [-0.05, 0) is 19.9 Å². The zero-order valence-electron chi connectivity index (χ0n) is 12.3. The van der Waals surface area contributed by atoms with Crippen LogP contribution in [0.4, 0.5) is 14.5 Å². The lowest BCUT2D eigenvalue weighted by atomic mass is 10.1. The highest BCUT2D eigenvalue weighted by Gasteiger charge is 2.31. The molecule has 1 rings (SSSR count). The number of nitrogens with zero attached hydrogens (tertiary/aromatic N) is 1. The summed E-state index contributed by atoms with van der Waals surface area (Å²) in [6.45, 7) is 2.95. The number of carbonyl (C=O) groups excluding carboxylic acids is 2. The lowest BCUT2D eigenvalue weighted by Crippen LogP contribution is -2.13. The summed E-state index contributed by atoms with van der Waals surface area (Å²) >= 11 is 0.537. The topological polar surface area (TPSA) is 95.7 Å². The Balaban J connectivity index is 3.25. The zero-order valence-corrected chi connectivity index (χ0v) is 13.1. The highest BCUT2D eigenvalue weighted by molar-refractivity contribution is 8.00. The fourth-order valence-corrected chi connectivity index (χ4v) is 2.44. The van der Waals surface area contributed by atoms with Crippen LogP contribution in [-0.4, -0.2) is 35.8 Å². The number of nitro benzene ring substituents is 1. The average Bonchev–Trinajstić information content (AvgIpc) is 2.44. The molecule has 0 spiro atoms. The predicted molar refractivity (Wildman–Crippen MR) is 76.3 cm³/mol. The van der Waals surface area contributed by atoms with E-state index in [1.165, 1.54) is 6.92 Å². The molecule has 23 heavy (non-hydrogen) atoms. The number of ether oxygens (including phenoxy) is 2. The van der Waals surface area contributed by atoms with Gasteiger partial charge in [0.2, 0.25) is 5.82 Å². The highest BCUT2D eigenvalue weighted by Crippen LogP contribution is 2.35. The van der Waals surface area contributed by atoms with E-state index in [1.54, 1.807) is 6.92 Å². The summed E-state index contributed by atoms with van der Waals surface area (Å²) < 4.78 is 37.2. The molecule has 10 heteroatoms. The molecule has 0 bridgehead atoms. The van der Waals surface area contributed by atoms with Crippen LogP contribution in [0.25, 0.3) is 0 Å². The molecule has 0 unspecified atom stereocenters. The van der Waals surface area contributed by atoms with Crippen LogP contribution in [-0.2, 0) is 14.3 Å². The summed E-state index contributed by atoms with van der Waals surface area (Å²) in [6.07, 6.45) is 0. The predicted octanol–water partition coefficient (Wildman–Crippen LogP) is 2.70. The van der Waals surface area contributed by atoms with Crippen LogP contribution in [0.15, 0.2) is 11.0 Å². The van der Waals surface area contributed by atoms with Gasteiger partial charge in [-0.25, -0.2) is 9.18 Å².